The maximum Gasteiger partial charge on any atom is 0.326 e. The predicted molar refractivity (Wildman–Crippen MR) is 119 cm³/mol. The second-order valence-electron chi connectivity index (χ2n) is 7.32. The first-order valence-corrected chi connectivity index (χ1v) is 11.8. The number of ether oxygens (including phenoxy) is 1. The molecule has 0 saturated carbocycles. The molecule has 1 amide bonds. The summed E-state index contributed by atoms with van der Waals surface area (Å²) >= 11 is 6.12. The van der Waals surface area contributed by atoms with Gasteiger partial charge in [-0.2, -0.15) is 4.31 Å². The number of halogens is 1. The number of carbonyl (C=O) groups excluding carboxylic acids is 2. The van der Waals surface area contributed by atoms with E-state index in [1.54, 1.807) is 4.57 Å². The van der Waals surface area contributed by atoms with E-state index in [4.69, 9.17) is 16.3 Å². The Bertz CT molecular complexity index is 1270. The zero-order chi connectivity index (χ0) is 22.7. The van der Waals surface area contributed by atoms with E-state index in [0.717, 1.165) is 23.9 Å². The number of hydrogen-bond acceptors (Lipinski definition) is 6. The Hall–Kier alpha value is -2.95. The number of anilines is 1. The second kappa shape index (κ2) is 9.27. The molecule has 1 aliphatic rings. The van der Waals surface area contributed by atoms with Gasteiger partial charge in [-0.15, -0.1) is 0 Å². The number of nitrogens with zero attached hydrogens (tertiary/aromatic N) is 3. The molecule has 4 rings (SSSR count). The molecule has 3 aromatic rings. The van der Waals surface area contributed by atoms with Crippen molar-refractivity contribution in [3.63, 3.8) is 0 Å². The third kappa shape index (κ3) is 4.77. The highest BCUT2D eigenvalue weighted by atomic mass is 35.5. The van der Waals surface area contributed by atoms with Crippen LogP contribution in [0.3, 0.4) is 0 Å². The summed E-state index contributed by atoms with van der Waals surface area (Å²) in [5, 5.41) is 2.68. The highest BCUT2D eigenvalue weighted by Gasteiger charge is 2.27. The van der Waals surface area contributed by atoms with Crippen LogP contribution in [0.25, 0.3) is 11.0 Å². The fraction of sp³-hybridized carbons (Fsp3) is 0.286. The molecule has 168 valence electrons. The third-order valence-corrected chi connectivity index (χ3v) is 7.33. The SMILES string of the molecule is O=C(COC(=O)Cn1cnc2ccccc21)Nc1cc(S(=O)(=O)N2CCCC2)ccc1Cl. The van der Waals surface area contributed by atoms with E-state index in [0.29, 0.717) is 13.1 Å². The topological polar surface area (TPSA) is 111 Å². The molecule has 0 aliphatic carbocycles. The molecule has 0 radical (unpaired) electrons. The minimum absolute atomic E-state index is 0.0445. The molecular formula is C21H21ClN4O5S. The molecule has 32 heavy (non-hydrogen) atoms. The van der Waals surface area contributed by atoms with E-state index in [2.05, 4.69) is 10.3 Å². The van der Waals surface area contributed by atoms with Crippen LogP contribution in [0, 0.1) is 0 Å². The first-order valence-electron chi connectivity index (χ1n) is 9.99. The van der Waals surface area contributed by atoms with E-state index in [1.165, 1.54) is 28.8 Å². The van der Waals surface area contributed by atoms with Gasteiger partial charge in [0.05, 0.1) is 33.0 Å². The van der Waals surface area contributed by atoms with Crippen molar-refractivity contribution in [2.45, 2.75) is 24.3 Å². The van der Waals surface area contributed by atoms with Crippen molar-refractivity contribution in [2.24, 2.45) is 0 Å². The number of sulfonamides is 1. The number of benzene rings is 2. The van der Waals surface area contributed by atoms with Crippen LogP contribution >= 0.6 is 11.6 Å². The lowest BCUT2D eigenvalue weighted by atomic mass is 10.3. The molecule has 2 aromatic carbocycles. The normalized spacial score (nSPS) is 14.5. The average Bonchev–Trinajstić information content (AvgIpc) is 3.45. The lowest BCUT2D eigenvalue weighted by Crippen LogP contribution is -2.28. The number of imidazole rings is 1. The van der Waals surface area contributed by atoms with Gasteiger partial charge in [0.25, 0.3) is 5.91 Å². The van der Waals surface area contributed by atoms with Gasteiger partial charge in [-0.1, -0.05) is 23.7 Å². The quantitative estimate of drug-likeness (QED) is 0.525. The Morgan fingerprint density at radius 1 is 1.12 bits per heavy atom. The number of hydrogen-bond donors (Lipinski definition) is 1. The molecule has 1 aromatic heterocycles. The molecule has 11 heteroatoms. The van der Waals surface area contributed by atoms with Gasteiger partial charge in [0.1, 0.15) is 6.54 Å². The zero-order valence-electron chi connectivity index (χ0n) is 17.0. The molecule has 0 bridgehead atoms. The van der Waals surface area contributed by atoms with Crippen molar-refractivity contribution < 1.29 is 22.7 Å². The summed E-state index contributed by atoms with van der Waals surface area (Å²) in [5.41, 5.74) is 1.65. The van der Waals surface area contributed by atoms with Crippen molar-refractivity contribution in [2.75, 3.05) is 25.0 Å². The fourth-order valence-corrected chi connectivity index (χ4v) is 5.20. The molecule has 1 fully saturated rings. The van der Waals surface area contributed by atoms with E-state index >= 15 is 0 Å². The van der Waals surface area contributed by atoms with Crippen LogP contribution in [-0.2, 0) is 30.9 Å². The second-order valence-corrected chi connectivity index (χ2v) is 9.67. The predicted octanol–water partition coefficient (Wildman–Crippen LogP) is 2.66. The largest absolute Gasteiger partial charge is 0.454 e. The van der Waals surface area contributed by atoms with Gasteiger partial charge in [0, 0.05) is 13.1 Å². The molecule has 9 nitrogen and oxygen atoms in total. The number of esters is 1. The van der Waals surface area contributed by atoms with Crippen molar-refractivity contribution in [3.8, 4) is 0 Å². The van der Waals surface area contributed by atoms with E-state index in [9.17, 15) is 18.0 Å². The Morgan fingerprint density at radius 2 is 1.88 bits per heavy atom. The summed E-state index contributed by atoms with van der Waals surface area (Å²) in [7, 11) is -3.66. The van der Waals surface area contributed by atoms with Crippen molar-refractivity contribution in [1.29, 1.82) is 0 Å². The van der Waals surface area contributed by atoms with Crippen LogP contribution in [0.5, 0.6) is 0 Å². The minimum Gasteiger partial charge on any atom is -0.454 e. The van der Waals surface area contributed by atoms with Gasteiger partial charge in [-0.3, -0.25) is 9.59 Å². The van der Waals surface area contributed by atoms with Gasteiger partial charge >= 0.3 is 5.97 Å². The lowest BCUT2D eigenvalue weighted by Gasteiger charge is -2.16. The summed E-state index contributed by atoms with van der Waals surface area (Å²) in [6.07, 6.45) is 3.16. The summed E-state index contributed by atoms with van der Waals surface area (Å²) in [4.78, 5) is 28.7. The van der Waals surface area contributed by atoms with Gasteiger partial charge in [0.15, 0.2) is 6.61 Å². The number of para-hydroxylation sites is 2. The monoisotopic (exact) mass is 476 g/mol. The molecular weight excluding hydrogens is 456 g/mol. The molecule has 1 saturated heterocycles. The minimum atomic E-state index is -3.66. The molecule has 0 atom stereocenters. The van der Waals surface area contributed by atoms with Crippen molar-refractivity contribution in [3.05, 3.63) is 53.8 Å². The van der Waals surface area contributed by atoms with E-state index in [1.807, 2.05) is 24.3 Å². The van der Waals surface area contributed by atoms with E-state index < -0.39 is 28.5 Å². The van der Waals surface area contributed by atoms with Crippen molar-refractivity contribution >= 4 is 50.2 Å². The number of fused-ring (bicyclic) bond motifs is 1. The number of rotatable bonds is 7. The number of aromatic nitrogens is 2. The maximum absolute atomic E-state index is 12.7. The van der Waals surface area contributed by atoms with Crippen LogP contribution < -0.4 is 5.32 Å². The van der Waals surface area contributed by atoms with Gasteiger partial charge in [-0.25, -0.2) is 13.4 Å². The Balaban J connectivity index is 1.37. The molecule has 0 unspecified atom stereocenters. The van der Waals surface area contributed by atoms with Gasteiger partial charge in [0.2, 0.25) is 10.0 Å². The Morgan fingerprint density at radius 3 is 2.66 bits per heavy atom. The maximum atomic E-state index is 12.7. The fourth-order valence-electron chi connectivity index (χ4n) is 3.49. The van der Waals surface area contributed by atoms with Gasteiger partial charge in [-0.05, 0) is 43.2 Å². The molecule has 1 N–H and O–H groups in total. The molecule has 1 aliphatic heterocycles. The highest BCUT2D eigenvalue weighted by molar-refractivity contribution is 7.89. The van der Waals surface area contributed by atoms with Crippen LogP contribution in [0.1, 0.15) is 12.8 Å². The van der Waals surface area contributed by atoms with Crippen LogP contribution in [0.15, 0.2) is 53.7 Å². The van der Waals surface area contributed by atoms with Crippen molar-refractivity contribution in [1.82, 2.24) is 13.9 Å². The summed E-state index contributed by atoms with van der Waals surface area (Å²) in [5.74, 6) is -1.24. The van der Waals surface area contributed by atoms with Crippen LogP contribution in [-0.4, -0.2) is 53.8 Å². The first-order chi connectivity index (χ1) is 15.3. The van der Waals surface area contributed by atoms with E-state index in [-0.39, 0.29) is 22.2 Å². The lowest BCUT2D eigenvalue weighted by molar-refractivity contribution is -0.147. The number of amides is 1. The Kier molecular flexibility index (Phi) is 6.45. The summed E-state index contributed by atoms with van der Waals surface area (Å²) in [6.45, 7) is 0.298. The smallest absolute Gasteiger partial charge is 0.326 e. The summed E-state index contributed by atoms with van der Waals surface area (Å²) in [6, 6.07) is 11.5. The Labute approximate surface area is 190 Å². The van der Waals surface area contributed by atoms with Crippen LogP contribution in [0.4, 0.5) is 5.69 Å². The molecule has 0 spiro atoms. The highest BCUT2D eigenvalue weighted by Crippen LogP contribution is 2.28. The number of carbonyl (C=O) groups is 2. The third-order valence-electron chi connectivity index (χ3n) is 5.11. The average molecular weight is 477 g/mol. The van der Waals surface area contributed by atoms with Gasteiger partial charge < -0.3 is 14.6 Å². The molecule has 2 heterocycles. The van der Waals surface area contributed by atoms with Crippen LogP contribution in [0.2, 0.25) is 5.02 Å². The standard InChI is InChI=1S/C21H21ClN4O5S/c22-16-8-7-15(32(29,30)26-9-3-4-10-26)11-18(16)24-20(27)13-31-21(28)12-25-14-23-17-5-1-2-6-19(17)25/h1-2,5-8,11,14H,3-4,9-10,12-13H2,(H,24,27). The zero-order valence-corrected chi connectivity index (χ0v) is 18.6. The first kappa shape index (κ1) is 22.3. The number of nitrogens with one attached hydrogen (secondary N) is 1. The summed E-state index contributed by atoms with van der Waals surface area (Å²) < 4.78 is 33.6.